The van der Waals surface area contributed by atoms with Crippen LogP contribution in [0.15, 0.2) is 48.8 Å². The largest absolute Gasteiger partial charge is 0.507 e. The van der Waals surface area contributed by atoms with E-state index in [2.05, 4.69) is 5.10 Å². The molecule has 2 heterocycles. The predicted molar refractivity (Wildman–Crippen MR) is 106 cm³/mol. The summed E-state index contributed by atoms with van der Waals surface area (Å²) in [6, 6.07) is 10.5. The molecule has 1 fully saturated rings. The van der Waals surface area contributed by atoms with Crippen LogP contribution in [0.1, 0.15) is 34.8 Å². The molecule has 0 radical (unpaired) electrons. The monoisotopic (exact) mass is 397 g/mol. The molecule has 6 nitrogen and oxygen atoms in total. The molecule has 1 amide bonds. The molecule has 1 aliphatic rings. The number of hydrogen-bond acceptors (Lipinski definition) is 4. The number of phenols is 2. The van der Waals surface area contributed by atoms with Crippen molar-refractivity contribution < 1.29 is 15.0 Å². The lowest BCUT2D eigenvalue weighted by Gasteiger charge is -2.26. The summed E-state index contributed by atoms with van der Waals surface area (Å²) < 4.78 is 1.76. The van der Waals surface area contributed by atoms with Gasteiger partial charge in [0.05, 0.1) is 22.8 Å². The Bertz CT molecular complexity index is 1030. The molecule has 0 aliphatic carbocycles. The van der Waals surface area contributed by atoms with Crippen LogP contribution >= 0.6 is 11.6 Å². The molecule has 1 saturated heterocycles. The van der Waals surface area contributed by atoms with Gasteiger partial charge in [-0.15, -0.1) is 0 Å². The molecule has 0 saturated carbocycles. The zero-order chi connectivity index (χ0) is 19.8. The first-order chi connectivity index (χ1) is 13.4. The average Bonchev–Trinajstić information content (AvgIpc) is 3.33. The maximum absolute atomic E-state index is 13.0. The molecule has 0 spiro atoms. The molecule has 28 heavy (non-hydrogen) atoms. The van der Waals surface area contributed by atoms with Gasteiger partial charge in [0.25, 0.3) is 5.91 Å². The van der Waals surface area contributed by atoms with E-state index >= 15 is 0 Å². The molecule has 1 atom stereocenters. The van der Waals surface area contributed by atoms with Gasteiger partial charge in [0, 0.05) is 31.4 Å². The van der Waals surface area contributed by atoms with Crippen LogP contribution in [0.25, 0.3) is 11.1 Å². The van der Waals surface area contributed by atoms with Gasteiger partial charge < -0.3 is 15.1 Å². The van der Waals surface area contributed by atoms with E-state index in [1.807, 2.05) is 43.7 Å². The first kappa shape index (κ1) is 18.4. The van der Waals surface area contributed by atoms with Crippen molar-refractivity contribution in [1.29, 1.82) is 0 Å². The number of phenolic OH excluding ortho intramolecular Hbond substituents is 2. The molecule has 2 aromatic carbocycles. The van der Waals surface area contributed by atoms with Crippen LogP contribution in [0.2, 0.25) is 5.02 Å². The number of aromatic hydroxyl groups is 2. The normalized spacial score (nSPS) is 16.5. The van der Waals surface area contributed by atoms with Gasteiger partial charge in [-0.1, -0.05) is 35.9 Å². The predicted octanol–water partition coefficient (Wildman–Crippen LogP) is 4.13. The number of nitrogens with zero attached hydrogens (tertiary/aromatic N) is 3. The summed E-state index contributed by atoms with van der Waals surface area (Å²) in [5, 5.41) is 23.9. The number of likely N-dealkylation sites (tertiary alicyclic amines) is 1. The Hall–Kier alpha value is -2.99. The minimum absolute atomic E-state index is 0.0396. The van der Waals surface area contributed by atoms with E-state index in [0.29, 0.717) is 6.54 Å². The van der Waals surface area contributed by atoms with Gasteiger partial charge in [0.1, 0.15) is 11.5 Å². The number of carbonyl (C=O) groups excluding carboxylic acids is 1. The zero-order valence-corrected chi connectivity index (χ0v) is 16.1. The van der Waals surface area contributed by atoms with E-state index < -0.39 is 0 Å². The number of aromatic nitrogens is 2. The van der Waals surface area contributed by atoms with Gasteiger partial charge in [-0.05, 0) is 30.0 Å². The molecule has 2 N–H and O–H groups in total. The summed E-state index contributed by atoms with van der Waals surface area (Å²) in [5.41, 5.74) is 3.25. The van der Waals surface area contributed by atoms with Crippen molar-refractivity contribution in [2.24, 2.45) is 7.05 Å². The lowest BCUT2D eigenvalue weighted by Crippen LogP contribution is -2.30. The van der Waals surface area contributed by atoms with Crippen LogP contribution in [0, 0.1) is 0 Å². The van der Waals surface area contributed by atoms with Crippen molar-refractivity contribution in [3.05, 3.63) is 64.9 Å². The molecule has 1 unspecified atom stereocenters. The van der Waals surface area contributed by atoms with Crippen molar-refractivity contribution in [2.45, 2.75) is 18.9 Å². The Kier molecular flexibility index (Phi) is 4.73. The minimum atomic E-state index is -0.293. The second-order valence-electron chi connectivity index (χ2n) is 7.00. The Morgan fingerprint density at radius 3 is 2.57 bits per heavy atom. The van der Waals surface area contributed by atoms with Gasteiger partial charge >= 0.3 is 0 Å². The molecular weight excluding hydrogens is 378 g/mol. The van der Waals surface area contributed by atoms with E-state index in [1.165, 1.54) is 6.07 Å². The van der Waals surface area contributed by atoms with E-state index in [9.17, 15) is 15.0 Å². The summed E-state index contributed by atoms with van der Waals surface area (Å²) >= 11 is 5.93. The smallest absolute Gasteiger partial charge is 0.258 e. The van der Waals surface area contributed by atoms with Gasteiger partial charge in [-0.2, -0.15) is 5.10 Å². The highest BCUT2D eigenvalue weighted by Gasteiger charge is 2.32. The molecular formula is C21H20ClN3O3. The van der Waals surface area contributed by atoms with Gasteiger partial charge in [0.15, 0.2) is 0 Å². The fourth-order valence-electron chi connectivity index (χ4n) is 3.70. The number of hydrogen-bond donors (Lipinski definition) is 2. The fraction of sp³-hybridized carbons (Fsp3) is 0.238. The van der Waals surface area contributed by atoms with Crippen molar-refractivity contribution in [2.75, 3.05) is 6.54 Å². The highest BCUT2D eigenvalue weighted by Crippen LogP contribution is 2.37. The molecule has 1 aromatic heterocycles. The van der Waals surface area contributed by atoms with Gasteiger partial charge in [0.2, 0.25) is 0 Å². The molecule has 3 aromatic rings. The SMILES string of the molecule is Cn1cc(-c2ccc(C3CCCN3C(=O)c3cc(Cl)c(O)cc3O)cc2)cn1. The molecule has 144 valence electrons. The Morgan fingerprint density at radius 2 is 1.89 bits per heavy atom. The summed E-state index contributed by atoms with van der Waals surface area (Å²) in [6.45, 7) is 0.603. The third kappa shape index (κ3) is 3.31. The molecule has 1 aliphatic heterocycles. The van der Waals surface area contributed by atoms with Gasteiger partial charge in [-0.3, -0.25) is 9.48 Å². The third-order valence-corrected chi connectivity index (χ3v) is 5.45. The Balaban J connectivity index is 1.60. The van der Waals surface area contributed by atoms with Crippen LogP contribution < -0.4 is 0 Å². The summed E-state index contributed by atoms with van der Waals surface area (Å²) in [4.78, 5) is 14.8. The summed E-state index contributed by atoms with van der Waals surface area (Å²) in [7, 11) is 1.88. The third-order valence-electron chi connectivity index (χ3n) is 5.14. The van der Waals surface area contributed by atoms with Crippen LogP contribution in [-0.2, 0) is 7.05 Å². The number of carbonyl (C=O) groups is 1. The molecule has 7 heteroatoms. The lowest BCUT2D eigenvalue weighted by atomic mass is 10.0. The van der Waals surface area contributed by atoms with Crippen molar-refractivity contribution in [3.63, 3.8) is 0 Å². The quantitative estimate of drug-likeness (QED) is 0.696. The summed E-state index contributed by atoms with van der Waals surface area (Å²) in [5.74, 6) is -0.817. The highest BCUT2D eigenvalue weighted by atomic mass is 35.5. The van der Waals surface area contributed by atoms with E-state index in [0.717, 1.165) is 35.6 Å². The number of rotatable bonds is 3. The van der Waals surface area contributed by atoms with Crippen LogP contribution in [-0.4, -0.2) is 37.3 Å². The molecule has 0 bridgehead atoms. The second kappa shape index (κ2) is 7.20. The maximum Gasteiger partial charge on any atom is 0.258 e. The number of aryl methyl sites for hydroxylation is 1. The van der Waals surface area contributed by atoms with Crippen molar-refractivity contribution >= 4 is 17.5 Å². The molecule has 4 rings (SSSR count). The van der Waals surface area contributed by atoms with E-state index in [4.69, 9.17) is 11.6 Å². The lowest BCUT2D eigenvalue weighted by molar-refractivity contribution is 0.0732. The Labute approximate surface area is 167 Å². The van der Waals surface area contributed by atoms with Crippen LogP contribution in [0.3, 0.4) is 0 Å². The van der Waals surface area contributed by atoms with Crippen LogP contribution in [0.5, 0.6) is 11.5 Å². The fourth-order valence-corrected chi connectivity index (χ4v) is 3.86. The number of halogens is 1. The van der Waals surface area contributed by atoms with Crippen LogP contribution in [0.4, 0.5) is 0 Å². The summed E-state index contributed by atoms with van der Waals surface area (Å²) in [6.07, 6.45) is 5.51. The first-order valence-electron chi connectivity index (χ1n) is 9.05. The first-order valence-corrected chi connectivity index (χ1v) is 9.43. The zero-order valence-electron chi connectivity index (χ0n) is 15.3. The standard InChI is InChI=1S/C21H20ClN3O3/c1-24-12-15(11-23-24)13-4-6-14(7-5-13)18-3-2-8-25(18)21(28)16-9-17(22)20(27)10-19(16)26/h4-7,9-12,18,26-27H,2-3,8H2,1H3. The van der Waals surface area contributed by atoms with Gasteiger partial charge in [-0.25, -0.2) is 0 Å². The average molecular weight is 398 g/mol. The Morgan fingerprint density at radius 1 is 1.14 bits per heavy atom. The van der Waals surface area contributed by atoms with Crippen molar-refractivity contribution in [3.8, 4) is 22.6 Å². The number of benzene rings is 2. The number of amides is 1. The maximum atomic E-state index is 13.0. The minimum Gasteiger partial charge on any atom is -0.507 e. The topological polar surface area (TPSA) is 78.6 Å². The van der Waals surface area contributed by atoms with Crippen molar-refractivity contribution in [1.82, 2.24) is 14.7 Å². The second-order valence-corrected chi connectivity index (χ2v) is 7.41. The highest BCUT2D eigenvalue weighted by molar-refractivity contribution is 6.32. The van der Waals surface area contributed by atoms with E-state index in [1.54, 1.807) is 9.58 Å². The van der Waals surface area contributed by atoms with E-state index in [-0.39, 0.29) is 34.0 Å².